The highest BCUT2D eigenvalue weighted by Crippen LogP contribution is 2.39. The van der Waals surface area contributed by atoms with Gasteiger partial charge in [-0.05, 0) is 59.3 Å². The summed E-state index contributed by atoms with van der Waals surface area (Å²) in [7, 11) is 0.500. The Hall–Kier alpha value is -4.51. The van der Waals surface area contributed by atoms with Gasteiger partial charge in [0, 0.05) is 13.1 Å². The molecule has 0 saturated carbocycles. The molecule has 0 N–H and O–H groups in total. The van der Waals surface area contributed by atoms with Crippen LogP contribution in [-0.2, 0) is 6.54 Å². The SMILES string of the molecule is CC.CC(C)(C)C(c1nc(-c2cc(F)ccc2F)nn1Cc1ccccc1)N(CCCN1C(=O)c2ccccc2C1=O)C(=O)Cl.CF. The van der Waals surface area contributed by atoms with E-state index in [9.17, 15) is 27.6 Å². The average Bonchev–Trinajstić information content (AvgIpc) is 3.57. The first-order chi connectivity index (χ1) is 22.5. The Labute approximate surface area is 278 Å². The van der Waals surface area contributed by atoms with E-state index < -0.39 is 28.5 Å². The van der Waals surface area contributed by atoms with E-state index in [1.807, 2.05) is 65.0 Å². The maximum Gasteiger partial charge on any atom is 0.317 e. The van der Waals surface area contributed by atoms with Gasteiger partial charge in [0.15, 0.2) is 11.6 Å². The lowest BCUT2D eigenvalue weighted by molar-refractivity contribution is 0.0640. The maximum atomic E-state index is 14.8. The normalized spacial score (nSPS) is 12.9. The Kier molecular flexibility index (Phi) is 12.9. The minimum absolute atomic E-state index is 0.0369. The number of aromatic nitrogens is 3. The summed E-state index contributed by atoms with van der Waals surface area (Å²) in [5.41, 5.74) is 0.796. The number of alkyl halides is 1. The van der Waals surface area contributed by atoms with Crippen LogP contribution in [0.5, 0.6) is 0 Å². The second-order valence-corrected chi connectivity index (χ2v) is 11.8. The summed E-state index contributed by atoms with van der Waals surface area (Å²) in [4.78, 5) is 45.9. The molecule has 1 unspecified atom stereocenters. The quantitative estimate of drug-likeness (QED) is 0.102. The average molecular weight is 670 g/mol. The van der Waals surface area contributed by atoms with Crippen molar-refractivity contribution in [3.8, 4) is 11.4 Å². The molecule has 250 valence electrons. The number of halogens is 4. The van der Waals surface area contributed by atoms with Gasteiger partial charge in [0.1, 0.15) is 11.6 Å². The van der Waals surface area contributed by atoms with Crippen molar-refractivity contribution in [3.63, 3.8) is 0 Å². The van der Waals surface area contributed by atoms with Crippen LogP contribution in [-0.4, -0.2) is 62.0 Å². The van der Waals surface area contributed by atoms with E-state index in [-0.39, 0.29) is 49.3 Å². The summed E-state index contributed by atoms with van der Waals surface area (Å²) in [6.45, 7) is 10.1. The Bertz CT molecular complexity index is 1660. The van der Waals surface area contributed by atoms with Crippen LogP contribution >= 0.6 is 11.6 Å². The van der Waals surface area contributed by atoms with Gasteiger partial charge in [0.25, 0.3) is 11.8 Å². The van der Waals surface area contributed by atoms with Crippen molar-refractivity contribution >= 4 is 28.8 Å². The van der Waals surface area contributed by atoms with E-state index >= 15 is 0 Å². The van der Waals surface area contributed by atoms with Crippen LogP contribution in [0.4, 0.5) is 18.0 Å². The molecule has 4 aromatic rings. The predicted molar refractivity (Wildman–Crippen MR) is 176 cm³/mol. The summed E-state index contributed by atoms with van der Waals surface area (Å²) < 4.78 is 40.0. The molecule has 1 aliphatic heterocycles. The van der Waals surface area contributed by atoms with Crippen LogP contribution < -0.4 is 0 Å². The molecule has 2 heterocycles. The standard InChI is InChI=1S/C32H30ClF2N5O3.C2H6.CH3F/c1-32(2,3)26(38(31(33)43)16-9-17-39-29(41)22-12-7-8-13-23(22)30(39)42)28-36-27(24-18-21(34)14-15-25(24)35)37-40(28)19-20-10-5-4-6-11-20;2*1-2/h4-8,10-15,18,26H,9,16-17,19H2,1-3H3;1-2H3;1H3. The molecule has 3 aromatic carbocycles. The van der Waals surface area contributed by atoms with E-state index in [4.69, 9.17) is 11.6 Å². The predicted octanol–water partition coefficient (Wildman–Crippen LogP) is 8.32. The highest BCUT2D eigenvalue weighted by molar-refractivity contribution is 6.62. The number of hydrogen-bond acceptors (Lipinski definition) is 5. The van der Waals surface area contributed by atoms with Crippen LogP contribution in [0.3, 0.4) is 0 Å². The monoisotopic (exact) mass is 669 g/mol. The van der Waals surface area contributed by atoms with Gasteiger partial charge in [-0.3, -0.25) is 23.7 Å². The molecule has 0 aliphatic carbocycles. The van der Waals surface area contributed by atoms with Gasteiger partial charge < -0.3 is 4.90 Å². The third-order valence-electron chi connectivity index (χ3n) is 7.31. The third kappa shape index (κ3) is 8.45. The van der Waals surface area contributed by atoms with Gasteiger partial charge in [0.2, 0.25) is 0 Å². The summed E-state index contributed by atoms with van der Waals surface area (Å²) in [6.07, 6.45) is 0.245. The molecule has 3 amide bonds. The molecular weight excluding hydrogens is 631 g/mol. The van der Waals surface area contributed by atoms with Crippen molar-refractivity contribution in [1.82, 2.24) is 24.6 Å². The highest BCUT2D eigenvalue weighted by atomic mass is 35.5. The van der Waals surface area contributed by atoms with Gasteiger partial charge in [-0.2, -0.15) is 5.10 Å². The number of carbonyl (C=O) groups excluding carboxylic acids is 3. The van der Waals surface area contributed by atoms with Crippen LogP contribution in [0.25, 0.3) is 11.4 Å². The van der Waals surface area contributed by atoms with Crippen molar-refractivity contribution in [2.45, 2.75) is 53.6 Å². The first kappa shape index (κ1) is 37.0. The largest absolute Gasteiger partial charge is 0.318 e. The Morgan fingerprint density at radius 3 is 2.02 bits per heavy atom. The lowest BCUT2D eigenvalue weighted by Gasteiger charge is -2.38. The summed E-state index contributed by atoms with van der Waals surface area (Å²) >= 11 is 6.18. The zero-order valence-electron chi connectivity index (χ0n) is 27.3. The summed E-state index contributed by atoms with van der Waals surface area (Å²) in [5, 5.41) is 3.79. The van der Waals surface area contributed by atoms with Crippen molar-refractivity contribution in [2.24, 2.45) is 5.41 Å². The maximum absolute atomic E-state index is 14.8. The number of rotatable bonds is 9. The minimum atomic E-state index is -0.768. The fourth-order valence-corrected chi connectivity index (χ4v) is 5.55. The highest BCUT2D eigenvalue weighted by Gasteiger charge is 2.39. The van der Waals surface area contributed by atoms with Gasteiger partial charge in [-0.15, -0.1) is 0 Å². The van der Waals surface area contributed by atoms with Gasteiger partial charge in [-0.25, -0.2) is 18.4 Å². The van der Waals surface area contributed by atoms with Gasteiger partial charge in [-0.1, -0.05) is 77.1 Å². The van der Waals surface area contributed by atoms with Crippen molar-refractivity contribution in [2.75, 3.05) is 20.3 Å². The zero-order chi connectivity index (χ0) is 34.9. The number of hydrogen-bond donors (Lipinski definition) is 0. The molecule has 47 heavy (non-hydrogen) atoms. The lowest BCUT2D eigenvalue weighted by atomic mass is 9.85. The van der Waals surface area contributed by atoms with E-state index in [0.717, 1.165) is 28.7 Å². The van der Waals surface area contributed by atoms with Gasteiger partial charge >= 0.3 is 5.37 Å². The second-order valence-electron chi connectivity index (χ2n) is 11.4. The molecule has 0 radical (unpaired) electrons. The fraction of sp³-hybridized carbons (Fsp3) is 0.343. The molecule has 0 bridgehead atoms. The molecule has 1 aliphatic rings. The number of amides is 3. The Balaban J connectivity index is 0.00000144. The number of imide groups is 1. The number of benzene rings is 3. The molecule has 5 rings (SSSR count). The lowest BCUT2D eigenvalue weighted by Crippen LogP contribution is -2.42. The molecule has 8 nitrogen and oxygen atoms in total. The summed E-state index contributed by atoms with van der Waals surface area (Å²) in [5.74, 6) is -1.82. The number of fused-ring (bicyclic) bond motifs is 1. The molecule has 0 spiro atoms. The van der Waals surface area contributed by atoms with E-state index in [1.165, 1.54) is 4.90 Å². The third-order valence-corrected chi connectivity index (χ3v) is 7.52. The molecular formula is C35H39ClF3N5O3. The first-order valence-corrected chi connectivity index (χ1v) is 15.6. The summed E-state index contributed by atoms with van der Waals surface area (Å²) in [6, 6.07) is 18.3. The number of nitrogens with zero attached hydrogens (tertiary/aromatic N) is 5. The smallest absolute Gasteiger partial charge is 0.317 e. The Morgan fingerprint density at radius 1 is 0.894 bits per heavy atom. The van der Waals surface area contributed by atoms with Crippen molar-refractivity contribution < 1.29 is 27.6 Å². The molecule has 1 atom stereocenters. The first-order valence-electron chi connectivity index (χ1n) is 15.2. The van der Waals surface area contributed by atoms with Crippen molar-refractivity contribution in [3.05, 3.63) is 107 Å². The molecule has 12 heteroatoms. The Morgan fingerprint density at radius 2 is 1.47 bits per heavy atom. The van der Waals surface area contributed by atoms with Crippen LogP contribution in [0.15, 0.2) is 72.8 Å². The van der Waals surface area contributed by atoms with Crippen LogP contribution in [0, 0.1) is 17.0 Å². The minimum Gasteiger partial charge on any atom is -0.318 e. The second kappa shape index (κ2) is 16.4. The molecule has 0 saturated heterocycles. The molecule has 1 aromatic heterocycles. The topological polar surface area (TPSA) is 88.4 Å². The zero-order valence-corrected chi connectivity index (χ0v) is 28.1. The van der Waals surface area contributed by atoms with E-state index in [2.05, 4.69) is 10.1 Å². The fourth-order valence-electron chi connectivity index (χ4n) is 5.37. The van der Waals surface area contributed by atoms with E-state index in [0.29, 0.717) is 24.1 Å². The van der Waals surface area contributed by atoms with Crippen LogP contribution in [0.2, 0.25) is 0 Å². The van der Waals surface area contributed by atoms with E-state index in [1.54, 1.807) is 28.9 Å². The van der Waals surface area contributed by atoms with Crippen molar-refractivity contribution in [1.29, 1.82) is 0 Å². The van der Waals surface area contributed by atoms with Gasteiger partial charge in [0.05, 0.1) is 36.5 Å². The molecule has 0 fully saturated rings. The number of carbonyl (C=O) groups is 3. The van der Waals surface area contributed by atoms with Crippen LogP contribution in [0.1, 0.15) is 79.2 Å².